The molecule has 1 saturated heterocycles. The Morgan fingerprint density at radius 2 is 2.12 bits per heavy atom. The van der Waals surface area contributed by atoms with Gasteiger partial charge >= 0.3 is 0 Å². The molecule has 34 heavy (non-hydrogen) atoms. The van der Waals surface area contributed by atoms with E-state index in [1.165, 1.54) is 24.0 Å². The standard InChI is InChI=1S/C28H38N2O4/c1-29(26(32)7-4-20-9-13-34-18-20)22-8-10-28(33)25-14-21-5-6-23(31)15-24(21)27(28,16-22)11-12-30(25)17-19-2-3-19/h4,7,9,13,18-19,22-23,25,31,33H,2-3,5-6,8,10-12,14-17H2,1H3/b7-4+/t22-,23+,25-,27-,28-/m1/s1. The van der Waals surface area contributed by atoms with Crippen molar-refractivity contribution in [3.63, 3.8) is 0 Å². The number of likely N-dealkylation sites (N-methyl/N-ethyl adjacent to an activating group) is 1. The minimum atomic E-state index is -0.761. The number of aliphatic hydroxyl groups is 2. The molecule has 4 aliphatic carbocycles. The molecular weight excluding hydrogens is 428 g/mol. The summed E-state index contributed by atoms with van der Waals surface area (Å²) in [5.74, 6) is 0.797. The van der Waals surface area contributed by atoms with E-state index in [0.29, 0.717) is 6.42 Å². The second kappa shape index (κ2) is 8.35. The fourth-order valence-electron chi connectivity index (χ4n) is 7.72. The van der Waals surface area contributed by atoms with E-state index >= 15 is 0 Å². The number of furan rings is 1. The summed E-state index contributed by atoms with van der Waals surface area (Å²) >= 11 is 0. The molecule has 1 aliphatic heterocycles. The lowest BCUT2D eigenvalue weighted by Crippen LogP contribution is -2.72. The number of carbonyl (C=O) groups excluding carboxylic acids is 1. The van der Waals surface area contributed by atoms with Crippen LogP contribution in [0.5, 0.6) is 0 Å². The van der Waals surface area contributed by atoms with Crippen molar-refractivity contribution in [1.29, 1.82) is 0 Å². The quantitative estimate of drug-likeness (QED) is 0.511. The van der Waals surface area contributed by atoms with Crippen molar-refractivity contribution < 1.29 is 19.4 Å². The number of piperidine rings is 1. The van der Waals surface area contributed by atoms with Gasteiger partial charge in [-0.25, -0.2) is 0 Å². The van der Waals surface area contributed by atoms with Crippen molar-refractivity contribution in [3.8, 4) is 0 Å². The fraction of sp³-hybridized carbons (Fsp3) is 0.679. The van der Waals surface area contributed by atoms with Crippen LogP contribution < -0.4 is 0 Å². The van der Waals surface area contributed by atoms with Crippen molar-refractivity contribution in [1.82, 2.24) is 9.80 Å². The van der Waals surface area contributed by atoms with Gasteiger partial charge in [0, 0.05) is 42.7 Å². The molecule has 5 atom stereocenters. The summed E-state index contributed by atoms with van der Waals surface area (Å²) < 4.78 is 5.10. The normalized spacial score (nSPS) is 38.0. The summed E-state index contributed by atoms with van der Waals surface area (Å²) in [4.78, 5) is 17.5. The van der Waals surface area contributed by atoms with E-state index < -0.39 is 5.60 Å². The van der Waals surface area contributed by atoms with Gasteiger partial charge in [0.25, 0.3) is 0 Å². The van der Waals surface area contributed by atoms with Crippen LogP contribution in [0.3, 0.4) is 0 Å². The maximum atomic E-state index is 13.0. The zero-order valence-electron chi connectivity index (χ0n) is 20.3. The molecule has 0 spiro atoms. The highest BCUT2D eigenvalue weighted by Gasteiger charge is 2.65. The number of likely N-dealkylation sites (tertiary alicyclic amines) is 1. The Kier molecular flexibility index (Phi) is 5.54. The van der Waals surface area contributed by atoms with E-state index in [1.807, 2.05) is 18.0 Å². The van der Waals surface area contributed by atoms with E-state index in [4.69, 9.17) is 4.42 Å². The van der Waals surface area contributed by atoms with Crippen LogP contribution in [0.1, 0.15) is 69.8 Å². The van der Waals surface area contributed by atoms with Gasteiger partial charge in [-0.3, -0.25) is 9.69 Å². The van der Waals surface area contributed by atoms with Gasteiger partial charge in [0.2, 0.25) is 5.91 Å². The van der Waals surface area contributed by atoms with Crippen LogP contribution in [0.25, 0.3) is 6.08 Å². The summed E-state index contributed by atoms with van der Waals surface area (Å²) in [7, 11) is 1.90. The van der Waals surface area contributed by atoms with Crippen LogP contribution >= 0.6 is 0 Å². The summed E-state index contributed by atoms with van der Waals surface area (Å²) in [6.07, 6.45) is 15.7. The highest BCUT2D eigenvalue weighted by Crippen LogP contribution is 2.63. The first-order chi connectivity index (χ1) is 16.4. The Morgan fingerprint density at radius 1 is 1.26 bits per heavy atom. The van der Waals surface area contributed by atoms with Crippen molar-refractivity contribution in [2.45, 2.75) is 88.0 Å². The predicted octanol–water partition coefficient (Wildman–Crippen LogP) is 3.75. The molecule has 2 N–H and O–H groups in total. The van der Waals surface area contributed by atoms with E-state index in [9.17, 15) is 15.0 Å². The first-order valence-electron chi connectivity index (χ1n) is 13.2. The van der Waals surface area contributed by atoms with E-state index in [2.05, 4.69) is 4.90 Å². The number of rotatable bonds is 5. The lowest BCUT2D eigenvalue weighted by atomic mass is 9.47. The summed E-state index contributed by atoms with van der Waals surface area (Å²) in [6, 6.07) is 2.10. The van der Waals surface area contributed by atoms with E-state index in [-0.39, 0.29) is 29.5 Å². The zero-order chi connectivity index (χ0) is 23.5. The van der Waals surface area contributed by atoms with Gasteiger partial charge in [0.05, 0.1) is 24.2 Å². The van der Waals surface area contributed by atoms with Crippen LogP contribution in [0, 0.1) is 11.3 Å². The van der Waals surface area contributed by atoms with E-state index in [1.54, 1.807) is 24.7 Å². The van der Waals surface area contributed by atoms with Crippen LogP contribution in [-0.4, -0.2) is 69.8 Å². The number of carbonyl (C=O) groups is 1. The highest BCUT2D eigenvalue weighted by atomic mass is 16.3. The van der Waals surface area contributed by atoms with Gasteiger partial charge in [-0.2, -0.15) is 0 Å². The molecule has 184 valence electrons. The average molecular weight is 467 g/mol. The third-order valence-corrected chi connectivity index (χ3v) is 9.80. The number of amides is 1. The van der Waals surface area contributed by atoms with Gasteiger partial charge in [-0.1, -0.05) is 11.1 Å². The predicted molar refractivity (Wildman–Crippen MR) is 130 cm³/mol. The molecule has 1 aromatic heterocycles. The molecule has 1 amide bonds. The largest absolute Gasteiger partial charge is 0.472 e. The van der Waals surface area contributed by atoms with Crippen LogP contribution in [0.4, 0.5) is 0 Å². The fourth-order valence-corrected chi connectivity index (χ4v) is 7.72. The molecule has 6 rings (SSSR count). The number of hydrogen-bond donors (Lipinski definition) is 2. The topological polar surface area (TPSA) is 77.2 Å². The summed E-state index contributed by atoms with van der Waals surface area (Å²) in [6.45, 7) is 2.13. The molecule has 2 saturated carbocycles. The Morgan fingerprint density at radius 3 is 2.88 bits per heavy atom. The lowest BCUT2D eigenvalue weighted by Gasteiger charge is -2.66. The molecule has 6 heteroatoms. The number of hydrogen-bond acceptors (Lipinski definition) is 5. The molecule has 2 heterocycles. The highest BCUT2D eigenvalue weighted by molar-refractivity contribution is 5.91. The SMILES string of the molecule is CN(C(=O)/C=C/c1ccoc1)[C@@H]1CC[C@@]2(O)[C@H]3CC4=C(C[C@@H](O)CC4)[C@@]2(CCN3CC2CC2)C1. The molecule has 0 unspecified atom stereocenters. The molecular formula is C28H38N2O4. The summed E-state index contributed by atoms with van der Waals surface area (Å²) in [5, 5.41) is 23.1. The minimum absolute atomic E-state index is 0.00977. The van der Waals surface area contributed by atoms with Crippen molar-refractivity contribution in [2.24, 2.45) is 11.3 Å². The average Bonchev–Trinajstić information content (AvgIpc) is 3.49. The van der Waals surface area contributed by atoms with Crippen molar-refractivity contribution in [3.05, 3.63) is 41.4 Å². The monoisotopic (exact) mass is 466 g/mol. The summed E-state index contributed by atoms with van der Waals surface area (Å²) in [5.41, 5.74) is 2.63. The van der Waals surface area contributed by atoms with Crippen LogP contribution in [-0.2, 0) is 4.79 Å². The molecule has 0 aromatic carbocycles. The number of aliphatic hydroxyl groups excluding tert-OH is 1. The van der Waals surface area contributed by atoms with Gasteiger partial charge in [0.1, 0.15) is 0 Å². The smallest absolute Gasteiger partial charge is 0.246 e. The molecule has 0 radical (unpaired) electrons. The van der Waals surface area contributed by atoms with E-state index in [0.717, 1.165) is 69.5 Å². The Labute approximate surface area is 202 Å². The maximum Gasteiger partial charge on any atom is 0.246 e. The Bertz CT molecular complexity index is 996. The molecule has 5 aliphatic rings. The molecule has 1 aromatic rings. The second-order valence-electron chi connectivity index (χ2n) is 11.6. The van der Waals surface area contributed by atoms with Gasteiger partial charge in [-0.15, -0.1) is 0 Å². The Hall–Kier alpha value is -1.89. The van der Waals surface area contributed by atoms with Gasteiger partial charge in [-0.05, 0) is 88.8 Å². The second-order valence-corrected chi connectivity index (χ2v) is 11.6. The maximum absolute atomic E-state index is 13.0. The minimum Gasteiger partial charge on any atom is -0.472 e. The lowest BCUT2D eigenvalue weighted by molar-refractivity contribution is -0.199. The van der Waals surface area contributed by atoms with Crippen molar-refractivity contribution >= 4 is 12.0 Å². The van der Waals surface area contributed by atoms with Gasteiger partial charge in [0.15, 0.2) is 0 Å². The molecule has 2 bridgehead atoms. The van der Waals surface area contributed by atoms with Gasteiger partial charge < -0.3 is 19.5 Å². The number of nitrogens with zero attached hydrogens (tertiary/aromatic N) is 2. The van der Waals surface area contributed by atoms with Crippen molar-refractivity contribution in [2.75, 3.05) is 20.1 Å². The zero-order valence-corrected chi connectivity index (χ0v) is 20.3. The van der Waals surface area contributed by atoms with Crippen LogP contribution in [0.2, 0.25) is 0 Å². The third kappa shape index (κ3) is 3.61. The van der Waals surface area contributed by atoms with Crippen LogP contribution in [0.15, 0.2) is 40.2 Å². The Balaban J connectivity index is 1.30. The first-order valence-corrected chi connectivity index (χ1v) is 13.2. The molecule has 6 nitrogen and oxygen atoms in total. The molecule has 3 fully saturated rings. The first kappa shape index (κ1) is 22.6. The third-order valence-electron chi connectivity index (χ3n) is 9.80.